The Balaban J connectivity index is 4.38. The van der Waals surface area contributed by atoms with E-state index in [2.05, 4.69) is 74.6 Å². The Morgan fingerprint density at radius 3 is 1.43 bits per heavy atom. The number of esters is 2. The normalized spacial score (nSPS) is 13.5. The number of quaternary nitrogens is 1. The quantitative estimate of drug-likeness (QED) is 0.0284. The Morgan fingerprint density at radius 1 is 0.534 bits per heavy atom. The summed E-state index contributed by atoms with van der Waals surface area (Å²) in [7, 11) is 5.51. The van der Waals surface area contributed by atoms with Gasteiger partial charge in [-0.2, -0.15) is 0 Å². The van der Waals surface area contributed by atoms with Crippen LogP contribution in [0, 0.1) is 0 Å². The topological polar surface area (TPSA) is 99.1 Å². The Morgan fingerprint density at radius 2 is 0.966 bits per heavy atom. The summed E-state index contributed by atoms with van der Waals surface area (Å²) in [5.74, 6) is -1.51. The Kier molecular flexibility index (Phi) is 38.7. The van der Waals surface area contributed by atoms with Crippen LogP contribution < -0.4 is 0 Å². The van der Waals surface area contributed by atoms with Crippen molar-refractivity contribution in [3.63, 3.8) is 0 Å². The third-order valence-electron chi connectivity index (χ3n) is 10.2. The maximum atomic E-state index is 12.7. The summed E-state index contributed by atoms with van der Waals surface area (Å²) in [6.07, 6.45) is 49.8. The molecule has 0 heterocycles. The van der Waals surface area contributed by atoms with E-state index in [0.29, 0.717) is 12.8 Å². The van der Waals surface area contributed by atoms with Crippen LogP contribution in [0.25, 0.3) is 0 Å². The van der Waals surface area contributed by atoms with E-state index in [0.717, 1.165) is 77.0 Å². The molecule has 0 fully saturated rings. The number of hydrogen-bond donors (Lipinski definition) is 1. The van der Waals surface area contributed by atoms with E-state index in [1.165, 1.54) is 77.0 Å². The molecule has 0 amide bonds. The Hall–Kier alpha value is -2.97. The maximum absolute atomic E-state index is 12.7. The van der Waals surface area contributed by atoms with Gasteiger partial charge in [0, 0.05) is 19.3 Å². The first kappa shape index (κ1) is 55.0. The van der Waals surface area contributed by atoms with Gasteiger partial charge in [0.15, 0.2) is 12.1 Å². The largest absolute Gasteiger partial charge is 0.477 e. The first-order valence-electron chi connectivity index (χ1n) is 23.3. The Bertz CT molecular complexity index is 1130. The van der Waals surface area contributed by atoms with Gasteiger partial charge >= 0.3 is 17.9 Å². The standard InChI is InChI=1S/C50H87NO7/c1-6-8-10-12-14-16-18-20-22-23-24-25-27-29-31-33-35-37-39-41-49(53)58-46(44-56-43-42-47(50(54)55)51(3,4)5)45-57-48(52)40-38-36-34-32-30-28-26-21-19-17-15-13-11-9-7-2/h8,10,14,16,20,22,24-25,29,31,46-47H,6-7,9,11-13,15,17-19,21,23,26-28,30,32-45H2,1-5H3/p+1/b10-8+,16-14+,22-20+,25-24+,31-29+. The lowest BCUT2D eigenvalue weighted by atomic mass is 10.0. The second-order valence-electron chi connectivity index (χ2n) is 16.6. The first-order chi connectivity index (χ1) is 28.1. The molecule has 0 saturated carbocycles. The number of likely N-dealkylation sites (N-methyl/N-ethyl adjacent to an activating group) is 1. The van der Waals surface area contributed by atoms with Crippen molar-refractivity contribution in [2.75, 3.05) is 41.0 Å². The molecule has 0 rings (SSSR count). The predicted molar refractivity (Wildman–Crippen MR) is 243 cm³/mol. The van der Waals surface area contributed by atoms with Gasteiger partial charge in [-0.1, -0.05) is 171 Å². The van der Waals surface area contributed by atoms with Crippen LogP contribution in [-0.4, -0.2) is 80.6 Å². The highest BCUT2D eigenvalue weighted by molar-refractivity contribution is 5.72. The minimum atomic E-state index is -0.881. The number of unbranched alkanes of at least 4 members (excludes halogenated alkanes) is 17. The fourth-order valence-electron chi connectivity index (χ4n) is 6.59. The zero-order valence-corrected chi connectivity index (χ0v) is 38.0. The number of carboxylic acid groups (broad SMARTS) is 1. The highest BCUT2D eigenvalue weighted by Gasteiger charge is 2.31. The van der Waals surface area contributed by atoms with Crippen molar-refractivity contribution in [3.8, 4) is 0 Å². The predicted octanol–water partition coefficient (Wildman–Crippen LogP) is 13.0. The SMILES string of the molecule is CC/C=C/C/C=C/C/C=C/C/C=C/C/C=C/CCCCCC(=O)OC(COCCC(C(=O)O)[N+](C)(C)C)COC(=O)CCCCCCCCCCCCCCCCC. The molecule has 2 unspecified atom stereocenters. The van der Waals surface area contributed by atoms with Crippen molar-refractivity contribution in [2.24, 2.45) is 0 Å². The molecule has 0 aliphatic heterocycles. The second kappa shape index (κ2) is 40.8. The minimum Gasteiger partial charge on any atom is -0.477 e. The number of allylic oxidation sites excluding steroid dienone is 10. The van der Waals surface area contributed by atoms with Crippen LogP contribution in [0.3, 0.4) is 0 Å². The second-order valence-corrected chi connectivity index (χ2v) is 16.6. The van der Waals surface area contributed by atoms with Crippen LogP contribution in [0.2, 0.25) is 0 Å². The average Bonchev–Trinajstić information content (AvgIpc) is 3.18. The van der Waals surface area contributed by atoms with E-state index in [1.807, 2.05) is 21.1 Å². The van der Waals surface area contributed by atoms with Crippen LogP contribution in [0.4, 0.5) is 0 Å². The molecule has 334 valence electrons. The molecule has 0 aliphatic rings. The highest BCUT2D eigenvalue weighted by atomic mass is 16.6. The van der Waals surface area contributed by atoms with Crippen molar-refractivity contribution in [1.29, 1.82) is 0 Å². The fraction of sp³-hybridized carbons (Fsp3) is 0.740. The number of carbonyl (C=O) groups is 3. The monoisotopic (exact) mass is 815 g/mol. The lowest BCUT2D eigenvalue weighted by Gasteiger charge is -2.31. The molecule has 0 aromatic carbocycles. The number of nitrogens with zero attached hydrogens (tertiary/aromatic N) is 1. The van der Waals surface area contributed by atoms with E-state index >= 15 is 0 Å². The van der Waals surface area contributed by atoms with Crippen LogP contribution in [0.5, 0.6) is 0 Å². The van der Waals surface area contributed by atoms with E-state index < -0.39 is 18.1 Å². The molecule has 0 radical (unpaired) electrons. The third-order valence-corrected chi connectivity index (χ3v) is 10.2. The molecule has 0 aromatic rings. The number of rotatable bonds is 41. The molecule has 0 aliphatic carbocycles. The summed E-state index contributed by atoms with van der Waals surface area (Å²) in [4.78, 5) is 37.0. The lowest BCUT2D eigenvalue weighted by Crippen LogP contribution is -2.50. The molecule has 1 N–H and O–H groups in total. The van der Waals surface area contributed by atoms with Crippen molar-refractivity contribution in [1.82, 2.24) is 0 Å². The van der Waals surface area contributed by atoms with Gasteiger partial charge in [-0.15, -0.1) is 0 Å². The van der Waals surface area contributed by atoms with Crippen molar-refractivity contribution in [3.05, 3.63) is 60.8 Å². The number of aliphatic carboxylic acids is 1. The smallest absolute Gasteiger partial charge is 0.362 e. The average molecular weight is 815 g/mol. The summed E-state index contributed by atoms with van der Waals surface area (Å²) >= 11 is 0. The van der Waals surface area contributed by atoms with Gasteiger partial charge in [0.2, 0.25) is 0 Å². The number of carbonyl (C=O) groups excluding carboxylic acids is 2. The molecular formula is C50H88NO7+. The van der Waals surface area contributed by atoms with Gasteiger partial charge in [0.1, 0.15) is 6.61 Å². The van der Waals surface area contributed by atoms with Crippen LogP contribution >= 0.6 is 0 Å². The van der Waals surface area contributed by atoms with Crippen molar-refractivity contribution >= 4 is 17.9 Å². The molecule has 2 atom stereocenters. The lowest BCUT2D eigenvalue weighted by molar-refractivity contribution is -0.887. The number of ether oxygens (including phenoxy) is 3. The maximum Gasteiger partial charge on any atom is 0.362 e. The third kappa shape index (κ3) is 38.5. The minimum absolute atomic E-state index is 0.0472. The zero-order valence-electron chi connectivity index (χ0n) is 38.0. The molecule has 58 heavy (non-hydrogen) atoms. The van der Waals surface area contributed by atoms with Gasteiger partial charge in [-0.25, -0.2) is 4.79 Å². The van der Waals surface area contributed by atoms with Crippen LogP contribution in [-0.2, 0) is 28.6 Å². The van der Waals surface area contributed by atoms with Crippen LogP contribution in [0.1, 0.15) is 187 Å². The molecule has 0 spiro atoms. The van der Waals surface area contributed by atoms with Gasteiger partial charge in [-0.05, 0) is 57.8 Å². The van der Waals surface area contributed by atoms with E-state index in [1.54, 1.807) is 0 Å². The summed E-state index contributed by atoms with van der Waals surface area (Å²) < 4.78 is 17.3. The molecule has 0 saturated heterocycles. The summed E-state index contributed by atoms with van der Waals surface area (Å²) in [5.41, 5.74) is 0. The molecule has 8 nitrogen and oxygen atoms in total. The molecular weight excluding hydrogens is 727 g/mol. The van der Waals surface area contributed by atoms with Gasteiger partial charge < -0.3 is 23.8 Å². The summed E-state index contributed by atoms with van der Waals surface area (Å²) in [6.45, 7) is 4.59. The summed E-state index contributed by atoms with van der Waals surface area (Å²) in [6, 6.07) is -0.622. The summed E-state index contributed by atoms with van der Waals surface area (Å²) in [5, 5.41) is 9.63. The fourth-order valence-corrected chi connectivity index (χ4v) is 6.59. The van der Waals surface area contributed by atoms with Crippen molar-refractivity contribution in [2.45, 2.75) is 199 Å². The van der Waals surface area contributed by atoms with Crippen LogP contribution in [0.15, 0.2) is 60.8 Å². The zero-order chi connectivity index (χ0) is 42.8. The molecule has 0 bridgehead atoms. The highest BCUT2D eigenvalue weighted by Crippen LogP contribution is 2.15. The Labute approximate surface area is 356 Å². The van der Waals surface area contributed by atoms with E-state index in [9.17, 15) is 19.5 Å². The molecule has 0 aromatic heterocycles. The first-order valence-corrected chi connectivity index (χ1v) is 23.3. The van der Waals surface area contributed by atoms with Gasteiger partial charge in [-0.3, -0.25) is 9.59 Å². The van der Waals surface area contributed by atoms with Crippen molar-refractivity contribution < 1.29 is 38.2 Å². The van der Waals surface area contributed by atoms with Gasteiger partial charge in [0.25, 0.3) is 0 Å². The van der Waals surface area contributed by atoms with E-state index in [-0.39, 0.29) is 42.7 Å². The van der Waals surface area contributed by atoms with Gasteiger partial charge in [0.05, 0.1) is 34.4 Å². The molecule has 8 heteroatoms. The number of carboxylic acids is 1. The van der Waals surface area contributed by atoms with E-state index in [4.69, 9.17) is 14.2 Å². The number of hydrogen-bond acceptors (Lipinski definition) is 6.